The van der Waals surface area contributed by atoms with Gasteiger partial charge >= 0.3 is 0 Å². The Hall–Kier alpha value is -0.720. The molecule has 0 aromatic rings. The molecule has 1 rings (SSSR count). The van der Waals surface area contributed by atoms with Gasteiger partial charge in [0.1, 0.15) is 0 Å². The third kappa shape index (κ3) is 2.26. The van der Waals surface area contributed by atoms with Gasteiger partial charge in [-0.1, -0.05) is 31.9 Å². The van der Waals surface area contributed by atoms with Crippen molar-refractivity contribution in [3.63, 3.8) is 0 Å². The first-order chi connectivity index (χ1) is 4.93. The Labute approximate surface area is 62.8 Å². The molecule has 0 saturated heterocycles. The van der Waals surface area contributed by atoms with Crippen LogP contribution in [0.2, 0.25) is 0 Å². The molecule has 56 valence electrons. The van der Waals surface area contributed by atoms with E-state index in [1.165, 1.54) is 19.3 Å². The van der Waals surface area contributed by atoms with Crippen molar-refractivity contribution in [1.82, 2.24) is 5.32 Å². The molecule has 0 aromatic heterocycles. The molecule has 1 atom stereocenters. The minimum atomic E-state index is 0.588. The molecule has 0 bridgehead atoms. The second kappa shape index (κ2) is 4.15. The average Bonchev–Trinajstić information content (AvgIpc) is 2.03. The number of unbranched alkanes of at least 4 members (excludes halogenated alkanes) is 1. The first-order valence-electron chi connectivity index (χ1n) is 4.03. The molecule has 1 aliphatic rings. The fourth-order valence-corrected chi connectivity index (χ4v) is 1.09. The molecule has 0 aliphatic carbocycles. The maximum atomic E-state index is 3.29. The number of rotatable bonds is 3. The zero-order valence-electron chi connectivity index (χ0n) is 6.51. The molecule has 1 aliphatic heterocycles. The van der Waals surface area contributed by atoms with E-state index < -0.39 is 0 Å². The number of hydrogen-bond acceptors (Lipinski definition) is 1. The summed E-state index contributed by atoms with van der Waals surface area (Å²) >= 11 is 0. The van der Waals surface area contributed by atoms with E-state index in [0.717, 1.165) is 0 Å². The van der Waals surface area contributed by atoms with Gasteiger partial charge in [0, 0.05) is 6.04 Å². The lowest BCUT2D eigenvalue weighted by Gasteiger charge is -2.14. The number of allylic oxidation sites excluding steroid dienone is 2. The standard InChI is InChI=1S/C9H15N/c1-2-3-6-9-7-4-5-8-10-9/h4-5,7-10H,2-3,6H2,1H3. The lowest BCUT2D eigenvalue weighted by molar-refractivity contribution is 0.593. The van der Waals surface area contributed by atoms with Gasteiger partial charge in [0.05, 0.1) is 0 Å². The van der Waals surface area contributed by atoms with Gasteiger partial charge in [0.2, 0.25) is 0 Å². The van der Waals surface area contributed by atoms with Crippen molar-refractivity contribution in [2.75, 3.05) is 0 Å². The van der Waals surface area contributed by atoms with Gasteiger partial charge in [0.25, 0.3) is 0 Å². The van der Waals surface area contributed by atoms with Crippen LogP contribution >= 0.6 is 0 Å². The highest BCUT2D eigenvalue weighted by Crippen LogP contribution is 2.04. The highest BCUT2D eigenvalue weighted by molar-refractivity contribution is 5.11. The molecule has 1 heteroatoms. The largest absolute Gasteiger partial charge is 0.385 e. The zero-order valence-corrected chi connectivity index (χ0v) is 6.51. The van der Waals surface area contributed by atoms with E-state index in [2.05, 4.69) is 24.4 Å². The summed E-state index contributed by atoms with van der Waals surface area (Å²) in [4.78, 5) is 0. The number of dihydropyridines is 1. The van der Waals surface area contributed by atoms with E-state index in [4.69, 9.17) is 0 Å². The molecule has 1 heterocycles. The van der Waals surface area contributed by atoms with E-state index in [-0.39, 0.29) is 0 Å². The van der Waals surface area contributed by atoms with Crippen LogP contribution in [0.15, 0.2) is 24.4 Å². The van der Waals surface area contributed by atoms with Gasteiger partial charge in [-0.05, 0) is 18.7 Å². The molecule has 1 unspecified atom stereocenters. The maximum Gasteiger partial charge on any atom is 0.0441 e. The average molecular weight is 137 g/mol. The normalized spacial score (nSPS) is 22.7. The summed E-state index contributed by atoms with van der Waals surface area (Å²) in [6, 6.07) is 0.588. The van der Waals surface area contributed by atoms with E-state index in [0.29, 0.717) is 6.04 Å². The fourth-order valence-electron chi connectivity index (χ4n) is 1.09. The lowest BCUT2D eigenvalue weighted by atomic mass is 10.1. The first kappa shape index (κ1) is 7.39. The van der Waals surface area contributed by atoms with Gasteiger partial charge < -0.3 is 5.32 Å². The molecule has 0 aromatic carbocycles. The third-order valence-corrected chi connectivity index (χ3v) is 1.73. The highest BCUT2D eigenvalue weighted by Gasteiger charge is 2.00. The molecular weight excluding hydrogens is 122 g/mol. The summed E-state index contributed by atoms with van der Waals surface area (Å²) in [6.07, 6.45) is 12.2. The zero-order chi connectivity index (χ0) is 7.23. The second-order valence-electron chi connectivity index (χ2n) is 2.66. The minimum absolute atomic E-state index is 0.588. The summed E-state index contributed by atoms with van der Waals surface area (Å²) in [5.74, 6) is 0. The van der Waals surface area contributed by atoms with Crippen molar-refractivity contribution in [3.05, 3.63) is 24.4 Å². The predicted molar refractivity (Wildman–Crippen MR) is 44.7 cm³/mol. The molecule has 1 N–H and O–H groups in total. The summed E-state index contributed by atoms with van der Waals surface area (Å²) in [5, 5.41) is 3.29. The predicted octanol–water partition coefficient (Wildman–Crippen LogP) is 2.22. The quantitative estimate of drug-likeness (QED) is 0.629. The Morgan fingerprint density at radius 3 is 2.90 bits per heavy atom. The van der Waals surface area contributed by atoms with Gasteiger partial charge in [-0.15, -0.1) is 0 Å². The minimum Gasteiger partial charge on any atom is -0.385 e. The van der Waals surface area contributed by atoms with E-state index in [1.807, 2.05) is 12.3 Å². The van der Waals surface area contributed by atoms with Crippen molar-refractivity contribution >= 4 is 0 Å². The van der Waals surface area contributed by atoms with Crippen LogP contribution < -0.4 is 5.32 Å². The van der Waals surface area contributed by atoms with Crippen LogP contribution in [0.5, 0.6) is 0 Å². The molecule has 0 radical (unpaired) electrons. The van der Waals surface area contributed by atoms with Crippen molar-refractivity contribution in [2.45, 2.75) is 32.2 Å². The summed E-state index contributed by atoms with van der Waals surface area (Å²) < 4.78 is 0. The van der Waals surface area contributed by atoms with Crippen LogP contribution in [-0.4, -0.2) is 6.04 Å². The molecule has 1 nitrogen and oxygen atoms in total. The topological polar surface area (TPSA) is 12.0 Å². The van der Waals surface area contributed by atoms with Crippen molar-refractivity contribution < 1.29 is 0 Å². The van der Waals surface area contributed by atoms with Crippen LogP contribution in [-0.2, 0) is 0 Å². The molecule has 0 fully saturated rings. The Bertz CT molecular complexity index is 136. The molecule has 0 saturated carbocycles. The Morgan fingerprint density at radius 1 is 1.40 bits per heavy atom. The molecule has 0 spiro atoms. The van der Waals surface area contributed by atoms with E-state index in [9.17, 15) is 0 Å². The van der Waals surface area contributed by atoms with Gasteiger partial charge in [0.15, 0.2) is 0 Å². The smallest absolute Gasteiger partial charge is 0.0441 e. The maximum absolute atomic E-state index is 3.29. The Morgan fingerprint density at radius 2 is 2.30 bits per heavy atom. The highest BCUT2D eigenvalue weighted by atomic mass is 14.9. The molecule has 0 amide bonds. The van der Waals surface area contributed by atoms with E-state index in [1.54, 1.807) is 0 Å². The lowest BCUT2D eigenvalue weighted by Crippen LogP contribution is -2.22. The third-order valence-electron chi connectivity index (χ3n) is 1.73. The van der Waals surface area contributed by atoms with Crippen LogP contribution in [0.4, 0.5) is 0 Å². The first-order valence-corrected chi connectivity index (χ1v) is 4.03. The molecular formula is C9H15N. The van der Waals surface area contributed by atoms with Crippen molar-refractivity contribution in [1.29, 1.82) is 0 Å². The SMILES string of the molecule is CCCCC1C=CC=CN1. The molecule has 10 heavy (non-hydrogen) atoms. The summed E-state index contributed by atoms with van der Waals surface area (Å²) in [7, 11) is 0. The number of hydrogen-bond donors (Lipinski definition) is 1. The van der Waals surface area contributed by atoms with Crippen LogP contribution in [0.1, 0.15) is 26.2 Å². The van der Waals surface area contributed by atoms with Crippen LogP contribution in [0.3, 0.4) is 0 Å². The van der Waals surface area contributed by atoms with Crippen LogP contribution in [0, 0.1) is 0 Å². The number of nitrogens with one attached hydrogen (secondary N) is 1. The monoisotopic (exact) mass is 137 g/mol. The van der Waals surface area contributed by atoms with Gasteiger partial charge in [-0.2, -0.15) is 0 Å². The van der Waals surface area contributed by atoms with E-state index >= 15 is 0 Å². The van der Waals surface area contributed by atoms with Crippen molar-refractivity contribution in [2.24, 2.45) is 0 Å². The van der Waals surface area contributed by atoms with Crippen LogP contribution in [0.25, 0.3) is 0 Å². The Balaban J connectivity index is 2.17. The summed E-state index contributed by atoms with van der Waals surface area (Å²) in [6.45, 7) is 2.22. The fraction of sp³-hybridized carbons (Fsp3) is 0.556. The van der Waals surface area contributed by atoms with Crippen molar-refractivity contribution in [3.8, 4) is 0 Å². The second-order valence-corrected chi connectivity index (χ2v) is 2.66. The van der Waals surface area contributed by atoms with Gasteiger partial charge in [-0.3, -0.25) is 0 Å². The van der Waals surface area contributed by atoms with Gasteiger partial charge in [-0.25, -0.2) is 0 Å². The summed E-state index contributed by atoms with van der Waals surface area (Å²) in [5.41, 5.74) is 0. The Kier molecular flexibility index (Phi) is 3.07.